The van der Waals surface area contributed by atoms with Crippen LogP contribution in [0.2, 0.25) is 0 Å². The number of aromatic nitrogens is 3. The molecule has 2 heterocycles. The zero-order chi connectivity index (χ0) is 14.1. The Bertz CT molecular complexity index is 744. The number of oxazole rings is 1. The molecule has 0 saturated heterocycles. The number of nitrogens with one attached hydrogen (secondary N) is 2. The van der Waals surface area contributed by atoms with Crippen LogP contribution in [-0.2, 0) is 0 Å². The van der Waals surface area contributed by atoms with Gasteiger partial charge in [-0.1, -0.05) is 13.8 Å². The van der Waals surface area contributed by atoms with Crippen LogP contribution < -0.4 is 5.32 Å². The van der Waals surface area contributed by atoms with Gasteiger partial charge in [-0.15, -0.1) is 0 Å². The van der Waals surface area contributed by atoms with Crippen LogP contribution in [0.4, 0.5) is 5.69 Å². The van der Waals surface area contributed by atoms with Gasteiger partial charge in [0.2, 0.25) is 0 Å². The molecule has 0 aliphatic heterocycles. The highest BCUT2D eigenvalue weighted by Crippen LogP contribution is 2.23. The predicted molar refractivity (Wildman–Crippen MR) is 74.6 cm³/mol. The molecule has 0 fully saturated rings. The van der Waals surface area contributed by atoms with E-state index < -0.39 is 0 Å². The summed E-state index contributed by atoms with van der Waals surface area (Å²) in [6, 6.07) is 5.39. The van der Waals surface area contributed by atoms with E-state index in [2.05, 4.69) is 20.5 Å². The minimum atomic E-state index is -0.217. The highest BCUT2D eigenvalue weighted by molar-refractivity contribution is 6.04. The first kappa shape index (κ1) is 12.4. The summed E-state index contributed by atoms with van der Waals surface area (Å²) in [5, 5.41) is 9.14. The molecular formula is C14H14N4O2. The molecule has 1 amide bonds. The second kappa shape index (κ2) is 4.80. The quantitative estimate of drug-likeness (QED) is 0.766. The third kappa shape index (κ3) is 2.27. The number of aromatic amines is 1. The topological polar surface area (TPSA) is 83.8 Å². The van der Waals surface area contributed by atoms with Crippen LogP contribution in [0.1, 0.15) is 36.0 Å². The average molecular weight is 270 g/mol. The number of fused-ring (bicyclic) bond motifs is 1. The van der Waals surface area contributed by atoms with E-state index in [0.29, 0.717) is 17.1 Å². The summed E-state index contributed by atoms with van der Waals surface area (Å²) in [4.78, 5) is 16.3. The van der Waals surface area contributed by atoms with Gasteiger partial charge in [-0.3, -0.25) is 9.89 Å². The van der Waals surface area contributed by atoms with Gasteiger partial charge in [0.1, 0.15) is 5.52 Å². The van der Waals surface area contributed by atoms with Gasteiger partial charge in [-0.2, -0.15) is 5.10 Å². The van der Waals surface area contributed by atoms with E-state index >= 15 is 0 Å². The number of nitrogens with zero attached hydrogens (tertiary/aromatic N) is 2. The summed E-state index contributed by atoms with van der Waals surface area (Å²) >= 11 is 0. The van der Waals surface area contributed by atoms with Gasteiger partial charge in [-0.25, -0.2) is 4.98 Å². The Morgan fingerprint density at radius 2 is 2.25 bits per heavy atom. The molecule has 0 radical (unpaired) electrons. The van der Waals surface area contributed by atoms with Gasteiger partial charge in [0.05, 0.1) is 11.8 Å². The smallest absolute Gasteiger partial charge is 0.258 e. The van der Waals surface area contributed by atoms with Gasteiger partial charge in [0, 0.05) is 17.8 Å². The van der Waals surface area contributed by atoms with E-state index in [1.54, 1.807) is 24.4 Å². The van der Waals surface area contributed by atoms with Crippen molar-refractivity contribution >= 4 is 22.7 Å². The van der Waals surface area contributed by atoms with Crippen molar-refractivity contribution in [3.63, 3.8) is 0 Å². The first-order chi connectivity index (χ1) is 9.63. The second-order valence-electron chi connectivity index (χ2n) is 4.83. The van der Waals surface area contributed by atoms with Crippen molar-refractivity contribution in [1.82, 2.24) is 15.2 Å². The molecule has 0 bridgehead atoms. The molecule has 0 saturated carbocycles. The molecular weight excluding hydrogens is 256 g/mol. The van der Waals surface area contributed by atoms with Gasteiger partial charge in [0.15, 0.2) is 11.5 Å². The zero-order valence-electron chi connectivity index (χ0n) is 11.2. The fourth-order valence-corrected chi connectivity index (χ4v) is 1.85. The number of carbonyl (C=O) groups is 1. The number of anilines is 1. The lowest BCUT2D eigenvalue weighted by Gasteiger charge is -2.02. The lowest BCUT2D eigenvalue weighted by molar-refractivity contribution is 0.102. The minimum Gasteiger partial charge on any atom is -0.440 e. The van der Waals surface area contributed by atoms with Crippen molar-refractivity contribution in [3.8, 4) is 0 Å². The summed E-state index contributed by atoms with van der Waals surface area (Å²) < 4.78 is 5.62. The number of carbonyl (C=O) groups excluding carboxylic acids is 1. The Morgan fingerprint density at radius 3 is 2.95 bits per heavy atom. The Morgan fingerprint density at radius 1 is 1.40 bits per heavy atom. The molecule has 0 aliphatic rings. The lowest BCUT2D eigenvalue weighted by Crippen LogP contribution is -2.10. The van der Waals surface area contributed by atoms with Gasteiger partial charge < -0.3 is 9.73 Å². The fourth-order valence-electron chi connectivity index (χ4n) is 1.85. The highest BCUT2D eigenvalue weighted by atomic mass is 16.3. The van der Waals surface area contributed by atoms with Gasteiger partial charge in [-0.05, 0) is 18.2 Å². The Labute approximate surface area is 115 Å². The molecule has 1 aromatic carbocycles. The van der Waals surface area contributed by atoms with Gasteiger partial charge >= 0.3 is 0 Å². The van der Waals surface area contributed by atoms with Crippen molar-refractivity contribution in [2.24, 2.45) is 0 Å². The molecule has 0 unspecified atom stereocenters. The second-order valence-corrected chi connectivity index (χ2v) is 4.83. The predicted octanol–water partition coefficient (Wildman–Crippen LogP) is 2.93. The largest absolute Gasteiger partial charge is 0.440 e. The fraction of sp³-hybridized carbons (Fsp3) is 0.214. The van der Waals surface area contributed by atoms with Crippen LogP contribution in [-0.4, -0.2) is 21.1 Å². The molecule has 102 valence electrons. The molecule has 3 rings (SSSR count). The summed E-state index contributed by atoms with van der Waals surface area (Å²) in [5.41, 5.74) is 2.61. The van der Waals surface area contributed by atoms with E-state index in [-0.39, 0.29) is 11.8 Å². The highest BCUT2D eigenvalue weighted by Gasteiger charge is 2.11. The summed E-state index contributed by atoms with van der Waals surface area (Å²) in [5.74, 6) is 0.704. The van der Waals surface area contributed by atoms with Crippen molar-refractivity contribution in [1.29, 1.82) is 0 Å². The summed E-state index contributed by atoms with van der Waals surface area (Å²) in [6.45, 7) is 4.04. The van der Waals surface area contributed by atoms with Crippen molar-refractivity contribution < 1.29 is 9.21 Å². The van der Waals surface area contributed by atoms with E-state index in [1.807, 2.05) is 13.8 Å². The molecule has 6 heteroatoms. The summed E-state index contributed by atoms with van der Waals surface area (Å²) in [6.07, 6.45) is 3.02. The van der Waals surface area contributed by atoms with E-state index in [0.717, 1.165) is 11.1 Å². The number of hydrogen-bond donors (Lipinski definition) is 2. The number of hydrogen-bond acceptors (Lipinski definition) is 4. The molecule has 6 nitrogen and oxygen atoms in total. The normalized spacial score (nSPS) is 11.2. The van der Waals surface area contributed by atoms with Crippen LogP contribution in [0, 0.1) is 0 Å². The lowest BCUT2D eigenvalue weighted by atomic mass is 10.2. The van der Waals surface area contributed by atoms with Crippen LogP contribution in [0.15, 0.2) is 35.0 Å². The number of amides is 1. The van der Waals surface area contributed by atoms with Crippen molar-refractivity contribution in [2.75, 3.05) is 5.32 Å². The molecule has 2 aromatic heterocycles. The molecule has 0 spiro atoms. The number of H-pyrrole nitrogens is 1. The monoisotopic (exact) mass is 270 g/mol. The number of benzene rings is 1. The van der Waals surface area contributed by atoms with Crippen LogP contribution in [0.25, 0.3) is 11.1 Å². The van der Waals surface area contributed by atoms with E-state index in [9.17, 15) is 4.79 Å². The Kier molecular flexibility index (Phi) is 2.98. The Hall–Kier alpha value is -2.63. The van der Waals surface area contributed by atoms with Crippen LogP contribution in [0.5, 0.6) is 0 Å². The van der Waals surface area contributed by atoms with Gasteiger partial charge in [0.25, 0.3) is 5.91 Å². The first-order valence-electron chi connectivity index (χ1n) is 6.34. The van der Waals surface area contributed by atoms with Crippen LogP contribution in [0.3, 0.4) is 0 Å². The molecule has 0 atom stereocenters. The van der Waals surface area contributed by atoms with E-state index in [4.69, 9.17) is 4.42 Å². The summed E-state index contributed by atoms with van der Waals surface area (Å²) in [7, 11) is 0. The van der Waals surface area contributed by atoms with Crippen LogP contribution >= 0.6 is 0 Å². The molecule has 2 N–H and O–H groups in total. The van der Waals surface area contributed by atoms with Crippen molar-refractivity contribution in [3.05, 3.63) is 42.0 Å². The van der Waals surface area contributed by atoms with E-state index in [1.165, 1.54) is 6.20 Å². The molecule has 3 aromatic rings. The zero-order valence-corrected chi connectivity index (χ0v) is 11.2. The third-order valence-electron chi connectivity index (χ3n) is 2.92. The maximum atomic E-state index is 11.9. The molecule has 0 aliphatic carbocycles. The SMILES string of the molecule is CC(C)c1nc2cc(NC(=O)c3cn[nH]c3)ccc2o1. The number of rotatable bonds is 3. The maximum Gasteiger partial charge on any atom is 0.258 e. The molecule has 20 heavy (non-hydrogen) atoms. The first-order valence-corrected chi connectivity index (χ1v) is 6.34. The average Bonchev–Trinajstić information content (AvgIpc) is 3.07. The minimum absolute atomic E-state index is 0.217. The maximum absolute atomic E-state index is 11.9. The van der Waals surface area contributed by atoms with Crippen molar-refractivity contribution in [2.45, 2.75) is 19.8 Å². The standard InChI is InChI=1S/C14H14N4O2/c1-8(2)14-18-11-5-10(3-4-12(11)20-14)17-13(19)9-6-15-16-7-9/h3-8H,1-2H3,(H,15,16)(H,17,19). The third-order valence-corrected chi connectivity index (χ3v) is 2.92. The Balaban J connectivity index is 1.87.